The molecule has 0 aliphatic heterocycles. The summed E-state index contributed by atoms with van der Waals surface area (Å²) >= 11 is 3.05. The first kappa shape index (κ1) is 2.92. The van der Waals surface area contributed by atoms with Crippen LogP contribution in [0.3, 0.4) is 0 Å². The highest BCUT2D eigenvalue weighted by Crippen LogP contribution is 2.02. The number of hydrogen-bond acceptors (Lipinski definition) is 2. The summed E-state index contributed by atoms with van der Waals surface area (Å²) < 4.78 is 21.5. The molecule has 0 spiro atoms. The Morgan fingerprint density at radius 2 is 2.62 bits per heavy atom. The molecule has 0 saturated heterocycles. The van der Waals surface area contributed by atoms with Gasteiger partial charge in [0, 0.05) is 9.81 Å². The molecular weight excluding hydrogens is 169 g/mol. The van der Waals surface area contributed by atoms with Crippen LogP contribution in [0.4, 0.5) is 0 Å². The monoisotopic (exact) mass is 176 g/mol. The average Bonchev–Trinajstić information content (AvgIpc) is 1.86. The second-order valence-electron chi connectivity index (χ2n) is 1.23. The number of nitrogens with zero attached hydrogens (tertiary/aromatic N) is 2. The van der Waals surface area contributed by atoms with Crippen LogP contribution in [0.1, 0.15) is 9.81 Å². The minimum absolute atomic E-state index is 0.0550. The van der Waals surface area contributed by atoms with Crippen LogP contribution in [-0.4, -0.2) is 9.97 Å². The summed E-state index contributed by atoms with van der Waals surface area (Å²) in [4.78, 5) is 7.32. The maximum atomic E-state index is 6.99. The van der Waals surface area contributed by atoms with E-state index in [1.807, 2.05) is 0 Å². The molecule has 0 radical (unpaired) electrons. The first-order valence-electron chi connectivity index (χ1n) is 3.48. The zero-order chi connectivity index (χ0) is 8.48. The van der Waals surface area contributed by atoms with Crippen molar-refractivity contribution in [2.24, 2.45) is 0 Å². The van der Waals surface area contributed by atoms with E-state index in [2.05, 4.69) is 25.9 Å². The van der Waals surface area contributed by atoms with Crippen molar-refractivity contribution in [3.63, 3.8) is 0 Å². The van der Waals surface area contributed by atoms with Gasteiger partial charge >= 0.3 is 0 Å². The van der Waals surface area contributed by atoms with E-state index in [9.17, 15) is 0 Å². The van der Waals surface area contributed by atoms with Crippen LogP contribution >= 0.6 is 15.9 Å². The number of aryl methyl sites for hydroxylation is 1. The van der Waals surface area contributed by atoms with Crippen molar-refractivity contribution in [1.82, 2.24) is 9.97 Å². The third-order valence-electron chi connectivity index (χ3n) is 0.634. The third kappa shape index (κ3) is 1.26. The van der Waals surface area contributed by atoms with Crippen LogP contribution in [0.15, 0.2) is 17.0 Å². The molecule has 0 saturated carbocycles. The van der Waals surface area contributed by atoms with Gasteiger partial charge in [0.1, 0.15) is 10.9 Å². The SMILES string of the molecule is [2H][13C]([2H])([2H])c1cc(Br)ncn1. The van der Waals surface area contributed by atoms with Gasteiger partial charge in [-0.25, -0.2) is 9.97 Å². The lowest BCUT2D eigenvalue weighted by Gasteiger charge is -1.87. The van der Waals surface area contributed by atoms with Gasteiger partial charge in [-0.15, -0.1) is 0 Å². The van der Waals surface area contributed by atoms with Crippen LogP contribution in [0.2, 0.25) is 0 Å². The number of halogens is 1. The summed E-state index contributed by atoms with van der Waals surface area (Å²) in [5, 5.41) is 0. The predicted octanol–water partition coefficient (Wildman–Crippen LogP) is 1.55. The standard InChI is InChI=1S/C5H5BrN2/c1-4-2-5(6)8-3-7-4/h2-3H,1H3/i1+1D3. The first-order chi connectivity index (χ1) is 5.00. The van der Waals surface area contributed by atoms with Crippen LogP contribution in [0.25, 0.3) is 0 Å². The predicted molar refractivity (Wildman–Crippen MR) is 34.5 cm³/mol. The number of hydrogen-bond donors (Lipinski definition) is 0. The molecular formula is C5H5BrN2. The molecule has 0 aliphatic carbocycles. The molecule has 8 heavy (non-hydrogen) atoms. The summed E-state index contributed by atoms with van der Waals surface area (Å²) in [6.45, 7) is -2.15. The van der Waals surface area contributed by atoms with E-state index in [4.69, 9.17) is 4.11 Å². The number of aromatic nitrogens is 2. The lowest BCUT2D eigenvalue weighted by atomic mass is 10.6. The molecule has 0 fully saturated rings. The van der Waals surface area contributed by atoms with Gasteiger partial charge in [0.2, 0.25) is 0 Å². The Labute approximate surface area is 60.3 Å². The van der Waals surface area contributed by atoms with E-state index in [1.54, 1.807) is 0 Å². The zero-order valence-electron chi connectivity index (χ0n) is 6.93. The lowest BCUT2D eigenvalue weighted by molar-refractivity contribution is 1.08. The molecule has 0 bridgehead atoms. The summed E-state index contributed by atoms with van der Waals surface area (Å²) in [6.07, 6.45) is 1.21. The molecule has 1 aromatic rings. The van der Waals surface area contributed by atoms with Gasteiger partial charge in [-0.2, -0.15) is 0 Å². The summed E-state index contributed by atoms with van der Waals surface area (Å²) in [6, 6.07) is 1.38. The Morgan fingerprint density at radius 3 is 3.12 bits per heavy atom. The van der Waals surface area contributed by atoms with E-state index in [1.165, 1.54) is 12.4 Å². The van der Waals surface area contributed by atoms with Crippen LogP contribution in [0, 0.1) is 6.85 Å². The molecule has 2 nitrogen and oxygen atoms in total. The van der Waals surface area contributed by atoms with Gasteiger partial charge in [0.25, 0.3) is 0 Å². The maximum absolute atomic E-state index is 6.99. The minimum Gasteiger partial charge on any atom is -0.242 e. The fourth-order valence-corrected chi connectivity index (χ4v) is 0.642. The topological polar surface area (TPSA) is 25.8 Å². The highest BCUT2D eigenvalue weighted by Gasteiger charge is 1.85. The van der Waals surface area contributed by atoms with E-state index >= 15 is 0 Å². The van der Waals surface area contributed by atoms with Crippen molar-refractivity contribution in [3.8, 4) is 0 Å². The Balaban J connectivity index is 3.06. The van der Waals surface area contributed by atoms with Crippen LogP contribution in [-0.2, 0) is 0 Å². The largest absolute Gasteiger partial charge is 0.242 e. The van der Waals surface area contributed by atoms with Crippen molar-refractivity contribution >= 4 is 15.9 Å². The molecule has 1 rings (SSSR count). The smallest absolute Gasteiger partial charge is 0.116 e. The summed E-state index contributed by atoms with van der Waals surface area (Å²) in [5.41, 5.74) is 0.0550. The van der Waals surface area contributed by atoms with E-state index < -0.39 is 6.85 Å². The second kappa shape index (κ2) is 2.22. The minimum atomic E-state index is -2.15. The Bertz CT molecular complexity index is 260. The quantitative estimate of drug-likeness (QED) is 0.443. The van der Waals surface area contributed by atoms with Crippen molar-refractivity contribution in [2.45, 2.75) is 6.85 Å². The van der Waals surface area contributed by atoms with Gasteiger partial charge in [0.15, 0.2) is 0 Å². The molecule has 0 N–H and O–H groups in total. The Hall–Kier alpha value is -0.440. The molecule has 0 unspecified atom stereocenters. The van der Waals surface area contributed by atoms with Gasteiger partial charge in [-0.05, 0) is 28.8 Å². The molecule has 1 aromatic heterocycles. The average molecular weight is 177 g/mol. The normalized spacial score (nSPS) is 16.4. The maximum Gasteiger partial charge on any atom is 0.116 e. The third-order valence-corrected chi connectivity index (χ3v) is 1.07. The molecule has 1 heterocycles. The first-order valence-corrected chi connectivity index (χ1v) is 2.77. The van der Waals surface area contributed by atoms with Crippen molar-refractivity contribution in [3.05, 3.63) is 22.7 Å². The highest BCUT2D eigenvalue weighted by molar-refractivity contribution is 9.10. The second-order valence-corrected chi connectivity index (χ2v) is 2.04. The Kier molecular flexibility index (Phi) is 0.809. The van der Waals surface area contributed by atoms with Gasteiger partial charge in [0.05, 0.1) is 0 Å². The molecule has 42 valence electrons. The summed E-state index contributed by atoms with van der Waals surface area (Å²) in [7, 11) is 0. The fraction of sp³-hybridized carbons (Fsp3) is 0.200. The van der Waals surface area contributed by atoms with E-state index in [0.29, 0.717) is 4.60 Å². The fourth-order valence-electron chi connectivity index (χ4n) is 0.334. The zero-order valence-corrected chi connectivity index (χ0v) is 5.51. The lowest BCUT2D eigenvalue weighted by Crippen LogP contribution is -1.80. The van der Waals surface area contributed by atoms with Gasteiger partial charge < -0.3 is 0 Å². The van der Waals surface area contributed by atoms with Crippen LogP contribution < -0.4 is 0 Å². The summed E-state index contributed by atoms with van der Waals surface area (Å²) in [5.74, 6) is 0. The van der Waals surface area contributed by atoms with Crippen molar-refractivity contribution in [2.75, 3.05) is 0 Å². The van der Waals surface area contributed by atoms with E-state index in [-0.39, 0.29) is 5.69 Å². The molecule has 0 amide bonds. The number of rotatable bonds is 0. The molecule has 0 aromatic carbocycles. The van der Waals surface area contributed by atoms with Crippen LogP contribution in [0.5, 0.6) is 0 Å². The molecule has 0 aliphatic rings. The molecule has 0 atom stereocenters. The van der Waals surface area contributed by atoms with Crippen molar-refractivity contribution < 1.29 is 4.11 Å². The Morgan fingerprint density at radius 1 is 1.75 bits per heavy atom. The van der Waals surface area contributed by atoms with Gasteiger partial charge in [-0.1, -0.05) is 0 Å². The highest BCUT2D eigenvalue weighted by atomic mass is 79.9. The van der Waals surface area contributed by atoms with Crippen molar-refractivity contribution in [1.29, 1.82) is 0 Å². The van der Waals surface area contributed by atoms with Gasteiger partial charge in [-0.3, -0.25) is 0 Å². The molecule has 3 heteroatoms. The van der Waals surface area contributed by atoms with E-state index in [0.717, 1.165) is 0 Å².